The molecule has 11 nitrogen and oxygen atoms in total. The van der Waals surface area contributed by atoms with Gasteiger partial charge in [0, 0.05) is 19.4 Å². The Morgan fingerprint density at radius 3 is 2.25 bits per heavy atom. The van der Waals surface area contributed by atoms with Crippen molar-refractivity contribution in [2.24, 2.45) is 0 Å². The van der Waals surface area contributed by atoms with Gasteiger partial charge in [-0.05, 0) is 32.8 Å². The number of benzene rings is 1. The summed E-state index contributed by atoms with van der Waals surface area (Å²) < 4.78 is 10.2. The first kappa shape index (κ1) is 24.6. The number of nitrogens with zero attached hydrogens (tertiary/aromatic N) is 1. The van der Waals surface area contributed by atoms with Crippen LogP contribution >= 0.6 is 0 Å². The molecule has 0 unspecified atom stereocenters. The maximum atomic E-state index is 12.5. The highest BCUT2D eigenvalue weighted by Crippen LogP contribution is 2.13. The molecule has 2 rings (SSSR count). The number of hydrogen-bond donors (Lipinski definition) is 2. The van der Waals surface area contributed by atoms with Crippen molar-refractivity contribution in [3.05, 3.63) is 35.9 Å². The molecule has 0 aliphatic carbocycles. The van der Waals surface area contributed by atoms with Crippen LogP contribution in [-0.4, -0.2) is 53.2 Å². The van der Waals surface area contributed by atoms with E-state index in [0.29, 0.717) is 5.06 Å². The molecule has 0 saturated carbocycles. The number of imide groups is 1. The van der Waals surface area contributed by atoms with Gasteiger partial charge in [0.05, 0.1) is 0 Å². The third-order valence-electron chi connectivity index (χ3n) is 4.08. The van der Waals surface area contributed by atoms with E-state index < -0.39 is 41.6 Å². The van der Waals surface area contributed by atoms with Gasteiger partial charge < -0.3 is 24.9 Å². The number of amides is 4. The first-order valence-corrected chi connectivity index (χ1v) is 10.1. The molecule has 1 atom stereocenters. The van der Waals surface area contributed by atoms with Crippen LogP contribution in [0.4, 0.5) is 9.59 Å². The molecule has 1 aromatic rings. The number of nitrogens with one attached hydrogen (secondary N) is 2. The summed E-state index contributed by atoms with van der Waals surface area (Å²) in [6, 6.07) is 7.60. The summed E-state index contributed by atoms with van der Waals surface area (Å²) >= 11 is 0. The molecule has 32 heavy (non-hydrogen) atoms. The van der Waals surface area contributed by atoms with Crippen molar-refractivity contribution in [2.75, 3.05) is 6.54 Å². The molecule has 11 heteroatoms. The third kappa shape index (κ3) is 8.25. The van der Waals surface area contributed by atoms with Crippen LogP contribution in [0, 0.1) is 0 Å². The van der Waals surface area contributed by atoms with Gasteiger partial charge in [-0.1, -0.05) is 30.3 Å². The minimum Gasteiger partial charge on any atom is -0.445 e. The molecule has 0 spiro atoms. The number of rotatable bonds is 8. The van der Waals surface area contributed by atoms with E-state index in [1.165, 1.54) is 0 Å². The highest BCUT2D eigenvalue weighted by atomic mass is 16.7. The van der Waals surface area contributed by atoms with E-state index >= 15 is 0 Å². The summed E-state index contributed by atoms with van der Waals surface area (Å²) in [6.45, 7) is 4.99. The normalized spacial score (nSPS) is 14.5. The van der Waals surface area contributed by atoms with E-state index in [2.05, 4.69) is 10.6 Å². The van der Waals surface area contributed by atoms with E-state index in [-0.39, 0.29) is 32.4 Å². The van der Waals surface area contributed by atoms with Gasteiger partial charge in [-0.15, -0.1) is 5.06 Å². The predicted molar refractivity (Wildman–Crippen MR) is 110 cm³/mol. The maximum absolute atomic E-state index is 12.5. The van der Waals surface area contributed by atoms with Gasteiger partial charge in [0.25, 0.3) is 11.8 Å². The quantitative estimate of drug-likeness (QED) is 0.573. The summed E-state index contributed by atoms with van der Waals surface area (Å²) in [6.07, 6.45) is -1.85. The fourth-order valence-electron chi connectivity index (χ4n) is 2.60. The van der Waals surface area contributed by atoms with Gasteiger partial charge in [-0.2, -0.15) is 0 Å². The van der Waals surface area contributed by atoms with Gasteiger partial charge >= 0.3 is 18.2 Å². The fraction of sp³-hybridized carbons (Fsp3) is 0.476. The van der Waals surface area contributed by atoms with Gasteiger partial charge in [0.15, 0.2) is 0 Å². The minimum absolute atomic E-state index is 0.0340. The molecule has 1 aliphatic heterocycles. The second-order valence-corrected chi connectivity index (χ2v) is 7.97. The zero-order valence-electron chi connectivity index (χ0n) is 18.2. The fourth-order valence-corrected chi connectivity index (χ4v) is 2.60. The van der Waals surface area contributed by atoms with Crippen molar-refractivity contribution in [2.45, 2.75) is 58.3 Å². The largest absolute Gasteiger partial charge is 0.445 e. The molecule has 0 bridgehead atoms. The van der Waals surface area contributed by atoms with Crippen LogP contribution in [0.5, 0.6) is 0 Å². The van der Waals surface area contributed by atoms with Crippen LogP contribution in [0.25, 0.3) is 0 Å². The summed E-state index contributed by atoms with van der Waals surface area (Å²) in [5, 5.41) is 5.18. The van der Waals surface area contributed by atoms with Crippen LogP contribution in [0.15, 0.2) is 30.3 Å². The molecule has 1 fully saturated rings. The van der Waals surface area contributed by atoms with E-state index in [1.54, 1.807) is 45.0 Å². The Hall–Kier alpha value is -3.63. The summed E-state index contributed by atoms with van der Waals surface area (Å²) in [5.74, 6) is -2.35. The Bertz CT molecular complexity index is 834. The SMILES string of the molecule is CC(C)(C)OC(=O)NCC[C@H](NC(=O)OCc1ccccc1)C(=O)ON1C(=O)CCC1=O. The average molecular weight is 449 g/mol. The van der Waals surface area contributed by atoms with Gasteiger partial charge in [0.2, 0.25) is 0 Å². The van der Waals surface area contributed by atoms with E-state index in [4.69, 9.17) is 14.3 Å². The van der Waals surface area contributed by atoms with Crippen LogP contribution in [0.1, 0.15) is 45.6 Å². The lowest BCUT2D eigenvalue weighted by atomic mass is 10.2. The Kier molecular flexibility index (Phi) is 8.56. The van der Waals surface area contributed by atoms with Crippen molar-refractivity contribution < 1.29 is 38.3 Å². The Morgan fingerprint density at radius 2 is 1.66 bits per heavy atom. The lowest BCUT2D eigenvalue weighted by Gasteiger charge is -2.22. The molecule has 0 radical (unpaired) electrons. The second kappa shape index (κ2) is 11.1. The smallest absolute Gasteiger partial charge is 0.408 e. The first-order valence-electron chi connectivity index (χ1n) is 10.1. The molecular formula is C21H27N3O8. The monoisotopic (exact) mass is 449 g/mol. The van der Waals surface area contributed by atoms with Crippen LogP contribution < -0.4 is 10.6 Å². The van der Waals surface area contributed by atoms with Crippen molar-refractivity contribution in [1.82, 2.24) is 15.7 Å². The number of alkyl carbamates (subject to hydrolysis) is 2. The molecule has 1 saturated heterocycles. The molecule has 1 aliphatic rings. The second-order valence-electron chi connectivity index (χ2n) is 7.97. The number of hydroxylamine groups is 2. The van der Waals surface area contributed by atoms with Gasteiger partial charge in [0.1, 0.15) is 18.2 Å². The minimum atomic E-state index is -1.30. The Labute approximate surface area is 185 Å². The molecule has 1 aromatic carbocycles. The van der Waals surface area contributed by atoms with Crippen LogP contribution in [0.3, 0.4) is 0 Å². The molecule has 2 N–H and O–H groups in total. The Balaban J connectivity index is 1.95. The summed E-state index contributed by atoms with van der Waals surface area (Å²) in [4.78, 5) is 64.8. The van der Waals surface area contributed by atoms with Crippen molar-refractivity contribution in [1.29, 1.82) is 0 Å². The van der Waals surface area contributed by atoms with E-state index in [1.807, 2.05) is 6.07 Å². The van der Waals surface area contributed by atoms with Gasteiger partial charge in [-0.3, -0.25) is 9.59 Å². The predicted octanol–water partition coefficient (Wildman–Crippen LogP) is 1.80. The highest BCUT2D eigenvalue weighted by molar-refractivity contribution is 6.01. The third-order valence-corrected chi connectivity index (χ3v) is 4.08. The van der Waals surface area contributed by atoms with Crippen molar-refractivity contribution >= 4 is 30.0 Å². The highest BCUT2D eigenvalue weighted by Gasteiger charge is 2.35. The summed E-state index contributed by atoms with van der Waals surface area (Å²) in [7, 11) is 0. The number of ether oxygens (including phenoxy) is 2. The topological polar surface area (TPSA) is 140 Å². The number of carbonyl (C=O) groups excluding carboxylic acids is 5. The molecule has 174 valence electrons. The van der Waals surface area contributed by atoms with Crippen molar-refractivity contribution in [3.63, 3.8) is 0 Å². The van der Waals surface area contributed by atoms with Crippen molar-refractivity contribution in [3.8, 4) is 0 Å². The molecular weight excluding hydrogens is 422 g/mol. The number of hydrogen-bond acceptors (Lipinski definition) is 8. The molecule has 1 heterocycles. The lowest BCUT2D eigenvalue weighted by Crippen LogP contribution is -2.47. The Morgan fingerprint density at radius 1 is 1.03 bits per heavy atom. The standard InChI is InChI=1S/C21H27N3O8/c1-21(2,3)31-19(28)22-12-11-15(18(27)32-24-16(25)9-10-17(24)26)23-20(29)30-13-14-7-5-4-6-8-14/h4-8,15H,9-13H2,1-3H3,(H,22,28)(H,23,29)/t15-/m0/s1. The molecule has 0 aromatic heterocycles. The van der Waals surface area contributed by atoms with Crippen LogP contribution in [0.2, 0.25) is 0 Å². The maximum Gasteiger partial charge on any atom is 0.408 e. The van der Waals surface area contributed by atoms with Crippen LogP contribution in [-0.2, 0) is 35.3 Å². The lowest BCUT2D eigenvalue weighted by molar-refractivity contribution is -0.199. The zero-order valence-corrected chi connectivity index (χ0v) is 18.2. The summed E-state index contributed by atoms with van der Waals surface area (Å²) in [5.41, 5.74) is 0.0277. The molecule has 4 amide bonds. The van der Waals surface area contributed by atoms with Gasteiger partial charge in [-0.25, -0.2) is 14.4 Å². The average Bonchev–Trinajstić information content (AvgIpc) is 3.03. The van der Waals surface area contributed by atoms with E-state index in [9.17, 15) is 24.0 Å². The first-order chi connectivity index (χ1) is 15.0. The number of carbonyl (C=O) groups is 5. The zero-order chi connectivity index (χ0) is 23.7. The van der Waals surface area contributed by atoms with E-state index in [0.717, 1.165) is 5.56 Å².